The molecule has 1 atom stereocenters. The summed E-state index contributed by atoms with van der Waals surface area (Å²) in [6.45, 7) is -1.09. The molecule has 7 nitrogen and oxygen atoms in total. The highest BCUT2D eigenvalue weighted by Gasteiger charge is 2.26. The molecule has 0 heterocycles. The van der Waals surface area contributed by atoms with Crippen molar-refractivity contribution in [1.82, 2.24) is 4.90 Å². The highest BCUT2D eigenvalue weighted by Crippen LogP contribution is 2.24. The Kier molecular flexibility index (Phi) is 5.67. The molecule has 0 aliphatic heterocycles. The number of carboxylic acids is 3. The lowest BCUT2D eigenvalue weighted by Crippen LogP contribution is -2.38. The molecular weight excluding hydrogens is 266 g/mol. The Labute approximate surface area is 115 Å². The predicted octanol–water partition coefficient (Wildman–Crippen LogP) is 0.674. The van der Waals surface area contributed by atoms with Gasteiger partial charge in [0, 0.05) is 6.04 Å². The van der Waals surface area contributed by atoms with Crippen LogP contribution in [0.1, 0.15) is 18.0 Å². The average molecular weight is 281 g/mol. The minimum absolute atomic E-state index is 0.370. The van der Waals surface area contributed by atoms with E-state index < -0.39 is 37.0 Å². The maximum Gasteiger partial charge on any atom is 0.317 e. The summed E-state index contributed by atoms with van der Waals surface area (Å²) in [5.74, 6) is -3.55. The first-order valence-electron chi connectivity index (χ1n) is 5.84. The molecule has 1 aromatic carbocycles. The molecule has 0 aromatic heterocycles. The Morgan fingerprint density at radius 2 is 1.40 bits per heavy atom. The molecule has 0 saturated heterocycles. The third-order valence-electron chi connectivity index (χ3n) is 2.67. The summed E-state index contributed by atoms with van der Waals surface area (Å²) in [5, 5.41) is 26.6. The van der Waals surface area contributed by atoms with Crippen molar-refractivity contribution in [3.8, 4) is 0 Å². The molecule has 0 radical (unpaired) electrons. The minimum atomic E-state index is -1.21. The molecule has 0 unspecified atom stereocenters. The lowest BCUT2D eigenvalue weighted by molar-refractivity contribution is -0.146. The highest BCUT2D eigenvalue weighted by molar-refractivity contribution is 5.73. The fourth-order valence-electron chi connectivity index (χ4n) is 1.92. The fraction of sp³-hybridized carbons (Fsp3) is 0.308. The van der Waals surface area contributed by atoms with Gasteiger partial charge in [0.2, 0.25) is 0 Å². The summed E-state index contributed by atoms with van der Waals surface area (Å²) in [5.41, 5.74) is 0.567. The first-order valence-corrected chi connectivity index (χ1v) is 5.84. The maximum absolute atomic E-state index is 10.9. The van der Waals surface area contributed by atoms with E-state index in [1.54, 1.807) is 30.3 Å². The first kappa shape index (κ1) is 15.6. The van der Waals surface area contributed by atoms with Gasteiger partial charge in [-0.05, 0) is 5.56 Å². The van der Waals surface area contributed by atoms with Crippen LogP contribution >= 0.6 is 0 Å². The number of hydrogen-bond donors (Lipinski definition) is 3. The van der Waals surface area contributed by atoms with Gasteiger partial charge in [-0.2, -0.15) is 0 Å². The molecule has 0 saturated carbocycles. The standard InChI is InChI=1S/C13H15NO6/c15-11(16)6-10(9-4-2-1-3-5-9)14(7-12(17)18)8-13(19)20/h1-5,10H,6-8H2,(H,15,16)(H,17,18)(H,19,20)/t10-/m1/s1. The second-order valence-corrected chi connectivity index (χ2v) is 4.22. The topological polar surface area (TPSA) is 115 Å². The van der Waals surface area contributed by atoms with Gasteiger partial charge in [-0.15, -0.1) is 0 Å². The van der Waals surface area contributed by atoms with Crippen molar-refractivity contribution in [2.45, 2.75) is 12.5 Å². The van der Waals surface area contributed by atoms with Gasteiger partial charge in [-0.25, -0.2) is 0 Å². The van der Waals surface area contributed by atoms with Gasteiger partial charge in [0.25, 0.3) is 0 Å². The number of nitrogens with zero attached hydrogens (tertiary/aromatic N) is 1. The molecule has 0 aliphatic carbocycles. The third-order valence-corrected chi connectivity index (χ3v) is 2.67. The lowest BCUT2D eigenvalue weighted by atomic mass is 10.0. The van der Waals surface area contributed by atoms with Gasteiger partial charge in [-0.3, -0.25) is 19.3 Å². The monoisotopic (exact) mass is 281 g/mol. The number of carbonyl (C=O) groups is 3. The van der Waals surface area contributed by atoms with Crippen LogP contribution in [0.2, 0.25) is 0 Å². The first-order chi connectivity index (χ1) is 9.40. The maximum atomic E-state index is 10.9. The quantitative estimate of drug-likeness (QED) is 0.641. The third kappa shape index (κ3) is 5.07. The molecular formula is C13H15NO6. The molecule has 1 aromatic rings. The number of carboxylic acid groups (broad SMARTS) is 3. The number of hydrogen-bond acceptors (Lipinski definition) is 4. The van der Waals surface area contributed by atoms with Crippen LogP contribution < -0.4 is 0 Å². The van der Waals surface area contributed by atoms with E-state index >= 15 is 0 Å². The van der Waals surface area contributed by atoms with Crippen LogP contribution in [0, 0.1) is 0 Å². The predicted molar refractivity (Wildman–Crippen MR) is 68.3 cm³/mol. The van der Waals surface area contributed by atoms with Gasteiger partial charge >= 0.3 is 17.9 Å². The number of rotatable bonds is 8. The van der Waals surface area contributed by atoms with Crippen LogP contribution in [0.5, 0.6) is 0 Å². The molecule has 0 amide bonds. The summed E-state index contributed by atoms with van der Waals surface area (Å²) in [7, 11) is 0. The largest absolute Gasteiger partial charge is 0.481 e. The van der Waals surface area contributed by atoms with Crippen molar-refractivity contribution < 1.29 is 29.7 Å². The Morgan fingerprint density at radius 1 is 0.900 bits per heavy atom. The Balaban J connectivity index is 3.06. The second kappa shape index (κ2) is 7.25. The van der Waals surface area contributed by atoms with E-state index in [-0.39, 0.29) is 6.42 Å². The van der Waals surface area contributed by atoms with Crippen LogP contribution in [0.25, 0.3) is 0 Å². The van der Waals surface area contributed by atoms with E-state index in [4.69, 9.17) is 15.3 Å². The van der Waals surface area contributed by atoms with Crippen LogP contribution in [0.15, 0.2) is 30.3 Å². The van der Waals surface area contributed by atoms with Crippen LogP contribution in [-0.4, -0.2) is 51.2 Å². The molecule has 7 heteroatoms. The van der Waals surface area contributed by atoms with Crippen molar-refractivity contribution in [3.05, 3.63) is 35.9 Å². The smallest absolute Gasteiger partial charge is 0.317 e. The summed E-state index contributed by atoms with van der Waals surface area (Å²) in [6.07, 6.45) is -0.370. The van der Waals surface area contributed by atoms with Crippen LogP contribution in [-0.2, 0) is 14.4 Å². The van der Waals surface area contributed by atoms with Crippen molar-refractivity contribution >= 4 is 17.9 Å². The van der Waals surface area contributed by atoms with E-state index in [0.717, 1.165) is 4.90 Å². The van der Waals surface area contributed by atoms with Crippen LogP contribution in [0.3, 0.4) is 0 Å². The van der Waals surface area contributed by atoms with Gasteiger partial charge in [0.15, 0.2) is 0 Å². The normalized spacial score (nSPS) is 12.1. The molecule has 0 aliphatic rings. The molecule has 0 bridgehead atoms. The van der Waals surface area contributed by atoms with Gasteiger partial charge in [0.1, 0.15) is 0 Å². The van der Waals surface area contributed by atoms with Gasteiger partial charge in [0.05, 0.1) is 19.5 Å². The van der Waals surface area contributed by atoms with Gasteiger partial charge < -0.3 is 15.3 Å². The minimum Gasteiger partial charge on any atom is -0.481 e. The van der Waals surface area contributed by atoms with Crippen molar-refractivity contribution in [2.75, 3.05) is 13.1 Å². The lowest BCUT2D eigenvalue weighted by Gasteiger charge is -2.28. The zero-order valence-electron chi connectivity index (χ0n) is 10.6. The highest BCUT2D eigenvalue weighted by atomic mass is 16.4. The van der Waals surface area contributed by atoms with Crippen molar-refractivity contribution in [1.29, 1.82) is 0 Å². The second-order valence-electron chi connectivity index (χ2n) is 4.22. The average Bonchev–Trinajstić information content (AvgIpc) is 2.35. The zero-order chi connectivity index (χ0) is 15.1. The van der Waals surface area contributed by atoms with E-state index in [1.165, 1.54) is 0 Å². The summed E-state index contributed by atoms with van der Waals surface area (Å²) < 4.78 is 0. The molecule has 0 fully saturated rings. The van der Waals surface area contributed by atoms with E-state index in [9.17, 15) is 14.4 Å². The van der Waals surface area contributed by atoms with Crippen molar-refractivity contribution in [3.63, 3.8) is 0 Å². The molecule has 20 heavy (non-hydrogen) atoms. The Hall–Kier alpha value is -2.41. The summed E-state index contributed by atoms with van der Waals surface area (Å²) in [4.78, 5) is 33.7. The SMILES string of the molecule is O=C(O)C[C@H](c1ccccc1)N(CC(=O)O)CC(=O)O. The molecule has 3 N–H and O–H groups in total. The number of benzene rings is 1. The van der Waals surface area contributed by atoms with E-state index in [0.29, 0.717) is 5.56 Å². The van der Waals surface area contributed by atoms with Crippen molar-refractivity contribution in [2.24, 2.45) is 0 Å². The summed E-state index contributed by atoms with van der Waals surface area (Å²) in [6, 6.07) is 7.59. The Bertz CT molecular complexity index is 471. The zero-order valence-corrected chi connectivity index (χ0v) is 10.6. The van der Waals surface area contributed by atoms with E-state index in [1.807, 2.05) is 0 Å². The van der Waals surface area contributed by atoms with Gasteiger partial charge in [-0.1, -0.05) is 30.3 Å². The summed E-state index contributed by atoms with van der Waals surface area (Å²) >= 11 is 0. The molecule has 1 rings (SSSR count). The van der Waals surface area contributed by atoms with Crippen LogP contribution in [0.4, 0.5) is 0 Å². The fourth-order valence-corrected chi connectivity index (χ4v) is 1.92. The molecule has 108 valence electrons. The molecule has 0 spiro atoms. The Morgan fingerprint density at radius 3 is 1.80 bits per heavy atom. The number of aliphatic carboxylic acids is 3. The van der Waals surface area contributed by atoms with E-state index in [2.05, 4.69) is 0 Å².